The summed E-state index contributed by atoms with van der Waals surface area (Å²) < 4.78 is 26.6. The van der Waals surface area contributed by atoms with Crippen LogP contribution < -0.4 is 4.72 Å². The molecule has 2 aromatic heterocycles. The maximum atomic E-state index is 12.2. The summed E-state index contributed by atoms with van der Waals surface area (Å²) in [5, 5.41) is 8.95. The fraction of sp³-hybridized carbons (Fsp3) is 0.167. The predicted octanol–water partition coefficient (Wildman–Crippen LogP) is 2.26. The van der Waals surface area contributed by atoms with E-state index in [9.17, 15) is 13.2 Å². The van der Waals surface area contributed by atoms with Crippen molar-refractivity contribution in [1.29, 1.82) is 0 Å². The third-order valence-electron chi connectivity index (χ3n) is 2.48. The van der Waals surface area contributed by atoms with Gasteiger partial charge in [-0.3, -0.25) is 4.72 Å². The van der Waals surface area contributed by atoms with Gasteiger partial charge < -0.3 is 5.11 Å². The van der Waals surface area contributed by atoms with Crippen LogP contribution in [0.3, 0.4) is 0 Å². The monoisotopic (exact) mass is 312 g/mol. The second-order valence-corrected chi connectivity index (χ2v) is 7.11. The van der Waals surface area contributed by atoms with Crippen LogP contribution in [-0.4, -0.2) is 24.5 Å². The summed E-state index contributed by atoms with van der Waals surface area (Å²) in [4.78, 5) is 15.0. The van der Waals surface area contributed by atoms with Gasteiger partial charge in [0, 0.05) is 5.69 Å². The molecule has 0 bridgehead atoms. The molecule has 0 saturated heterocycles. The van der Waals surface area contributed by atoms with Crippen molar-refractivity contribution in [3.8, 4) is 0 Å². The molecule has 2 N–H and O–H groups in total. The zero-order valence-corrected chi connectivity index (χ0v) is 12.4. The van der Waals surface area contributed by atoms with Gasteiger partial charge in [0.1, 0.15) is 14.9 Å². The molecule has 8 heteroatoms. The number of carboxylic acids is 1. The number of rotatable bonds is 4. The number of aromatic nitrogens is 1. The van der Waals surface area contributed by atoms with E-state index in [1.54, 1.807) is 26.0 Å². The molecule has 0 radical (unpaired) electrons. The van der Waals surface area contributed by atoms with Crippen molar-refractivity contribution >= 4 is 33.1 Å². The maximum absolute atomic E-state index is 12.2. The molecule has 2 rings (SSSR count). The van der Waals surface area contributed by atoms with E-state index in [0.717, 1.165) is 11.3 Å². The van der Waals surface area contributed by atoms with E-state index in [-0.39, 0.29) is 14.9 Å². The molecule has 106 valence electrons. The highest BCUT2D eigenvalue weighted by atomic mass is 32.2. The molecule has 0 spiro atoms. The molecule has 20 heavy (non-hydrogen) atoms. The van der Waals surface area contributed by atoms with Crippen LogP contribution in [0.15, 0.2) is 28.5 Å². The van der Waals surface area contributed by atoms with Crippen molar-refractivity contribution in [2.75, 3.05) is 4.72 Å². The van der Waals surface area contributed by atoms with Crippen LogP contribution in [0.5, 0.6) is 0 Å². The molecule has 0 saturated carbocycles. The maximum Gasteiger partial charge on any atom is 0.346 e. The smallest absolute Gasteiger partial charge is 0.346 e. The summed E-state index contributed by atoms with van der Waals surface area (Å²) in [6.07, 6.45) is 0. The van der Waals surface area contributed by atoms with E-state index in [1.807, 2.05) is 0 Å². The number of hydrogen-bond donors (Lipinski definition) is 2. The number of anilines is 1. The van der Waals surface area contributed by atoms with Crippen molar-refractivity contribution in [2.24, 2.45) is 0 Å². The van der Waals surface area contributed by atoms with Gasteiger partial charge in [-0.1, -0.05) is 6.07 Å². The fourth-order valence-electron chi connectivity index (χ4n) is 1.59. The molecule has 0 atom stereocenters. The first kappa shape index (κ1) is 14.5. The number of carbonyl (C=O) groups is 1. The standard InChI is InChI=1S/C12H12N2O4S2/c1-7-6-10(19-11(7)12(15)16)20(17,18)14-9-5-3-4-8(2)13-9/h3-6H,1-2H3,(H,13,14)(H,15,16). The summed E-state index contributed by atoms with van der Waals surface area (Å²) in [6, 6.07) is 6.30. The zero-order valence-electron chi connectivity index (χ0n) is 10.7. The minimum absolute atomic E-state index is 0.0163. The number of hydrogen-bond acceptors (Lipinski definition) is 5. The largest absolute Gasteiger partial charge is 0.477 e. The topological polar surface area (TPSA) is 96.4 Å². The molecule has 2 aromatic rings. The van der Waals surface area contributed by atoms with Gasteiger partial charge in [0.15, 0.2) is 0 Å². The first-order chi connectivity index (χ1) is 9.29. The Morgan fingerprint density at radius 1 is 1.35 bits per heavy atom. The van der Waals surface area contributed by atoms with Gasteiger partial charge in [0.2, 0.25) is 0 Å². The summed E-state index contributed by atoms with van der Waals surface area (Å²) >= 11 is 0.720. The van der Waals surface area contributed by atoms with Gasteiger partial charge in [-0.05, 0) is 37.6 Å². The molecule has 0 amide bonds. The van der Waals surface area contributed by atoms with E-state index < -0.39 is 16.0 Å². The number of pyridine rings is 1. The second-order valence-electron chi connectivity index (χ2n) is 4.15. The minimum Gasteiger partial charge on any atom is -0.477 e. The van der Waals surface area contributed by atoms with Crippen molar-refractivity contribution in [3.05, 3.63) is 40.4 Å². The van der Waals surface area contributed by atoms with Crippen molar-refractivity contribution in [3.63, 3.8) is 0 Å². The van der Waals surface area contributed by atoms with Crippen LogP contribution in [0.1, 0.15) is 20.9 Å². The summed E-state index contributed by atoms with van der Waals surface area (Å²) in [7, 11) is -3.82. The van der Waals surface area contributed by atoms with Crippen LogP contribution in [0, 0.1) is 13.8 Å². The first-order valence-electron chi connectivity index (χ1n) is 5.60. The van der Waals surface area contributed by atoms with Gasteiger partial charge in [-0.2, -0.15) is 0 Å². The summed E-state index contributed by atoms with van der Waals surface area (Å²) in [6.45, 7) is 3.31. The van der Waals surface area contributed by atoms with E-state index in [4.69, 9.17) is 5.11 Å². The highest BCUT2D eigenvalue weighted by Crippen LogP contribution is 2.27. The predicted molar refractivity (Wildman–Crippen MR) is 75.8 cm³/mol. The Kier molecular flexibility index (Phi) is 3.78. The minimum atomic E-state index is -3.82. The molecular weight excluding hydrogens is 300 g/mol. The molecular formula is C12H12N2O4S2. The molecule has 0 fully saturated rings. The quantitative estimate of drug-likeness (QED) is 0.902. The lowest BCUT2D eigenvalue weighted by molar-refractivity contribution is 0.0701. The van der Waals surface area contributed by atoms with E-state index in [2.05, 4.69) is 9.71 Å². The number of nitrogens with one attached hydrogen (secondary N) is 1. The lowest BCUT2D eigenvalue weighted by atomic mass is 10.3. The number of aromatic carboxylic acids is 1. The van der Waals surface area contributed by atoms with Crippen LogP contribution in [0.25, 0.3) is 0 Å². The van der Waals surface area contributed by atoms with Crippen LogP contribution in [0.2, 0.25) is 0 Å². The zero-order chi connectivity index (χ0) is 14.9. The Balaban J connectivity index is 2.36. The molecule has 2 heterocycles. The van der Waals surface area contributed by atoms with Gasteiger partial charge >= 0.3 is 5.97 Å². The number of aryl methyl sites for hydroxylation is 2. The van der Waals surface area contributed by atoms with Crippen molar-refractivity contribution in [2.45, 2.75) is 18.1 Å². The van der Waals surface area contributed by atoms with E-state index in [0.29, 0.717) is 11.3 Å². The van der Waals surface area contributed by atoms with Crippen molar-refractivity contribution < 1.29 is 18.3 Å². The summed E-state index contributed by atoms with van der Waals surface area (Å²) in [5.41, 5.74) is 1.10. The Labute approximate surface area is 120 Å². The third-order valence-corrected chi connectivity index (χ3v) is 5.53. The van der Waals surface area contributed by atoms with Crippen LogP contribution in [-0.2, 0) is 10.0 Å². The molecule has 0 unspecified atom stereocenters. The normalized spacial score (nSPS) is 11.3. The lowest BCUT2D eigenvalue weighted by Crippen LogP contribution is -2.12. The Morgan fingerprint density at radius 2 is 2.05 bits per heavy atom. The van der Waals surface area contributed by atoms with Gasteiger partial charge in [-0.25, -0.2) is 18.2 Å². The van der Waals surface area contributed by atoms with Gasteiger partial charge in [0.25, 0.3) is 10.0 Å². The fourth-order valence-corrected chi connectivity index (χ4v) is 3.96. The van der Waals surface area contributed by atoms with E-state index in [1.165, 1.54) is 12.1 Å². The number of sulfonamides is 1. The van der Waals surface area contributed by atoms with Crippen LogP contribution in [0.4, 0.5) is 5.82 Å². The lowest BCUT2D eigenvalue weighted by Gasteiger charge is -2.05. The van der Waals surface area contributed by atoms with Gasteiger partial charge in [0.05, 0.1) is 0 Å². The Morgan fingerprint density at radius 3 is 2.60 bits per heavy atom. The van der Waals surface area contributed by atoms with E-state index >= 15 is 0 Å². The Bertz CT molecular complexity index is 766. The van der Waals surface area contributed by atoms with Crippen LogP contribution >= 0.6 is 11.3 Å². The highest BCUT2D eigenvalue weighted by Gasteiger charge is 2.22. The molecule has 0 aliphatic carbocycles. The average Bonchev–Trinajstić information content (AvgIpc) is 2.71. The number of thiophene rings is 1. The average molecular weight is 312 g/mol. The molecule has 0 aliphatic rings. The SMILES string of the molecule is Cc1cccc(NS(=O)(=O)c2cc(C)c(C(=O)O)s2)n1. The number of nitrogens with zero attached hydrogens (tertiary/aromatic N) is 1. The molecule has 0 aromatic carbocycles. The molecule has 6 nitrogen and oxygen atoms in total. The summed E-state index contributed by atoms with van der Waals surface area (Å²) in [5.74, 6) is -0.935. The van der Waals surface area contributed by atoms with Gasteiger partial charge in [-0.15, -0.1) is 11.3 Å². The molecule has 0 aliphatic heterocycles. The highest BCUT2D eigenvalue weighted by molar-refractivity contribution is 7.94. The van der Waals surface area contributed by atoms with Crippen molar-refractivity contribution in [1.82, 2.24) is 4.98 Å². The Hall–Kier alpha value is -1.93. The third kappa shape index (κ3) is 2.97. The first-order valence-corrected chi connectivity index (χ1v) is 7.90. The number of carboxylic acid groups (broad SMARTS) is 1. The second kappa shape index (κ2) is 5.22.